The average molecular weight is 412 g/mol. The first-order valence-corrected chi connectivity index (χ1v) is 10.9. The summed E-state index contributed by atoms with van der Waals surface area (Å²) in [6.07, 6.45) is 0. The number of hydrogen-bond acceptors (Lipinski definition) is 4. The first kappa shape index (κ1) is 19.8. The second-order valence-corrected chi connectivity index (χ2v) is 8.41. The van der Waals surface area contributed by atoms with Gasteiger partial charge in [0, 0.05) is 0 Å². The van der Waals surface area contributed by atoms with Gasteiger partial charge < -0.3 is 15.0 Å². The minimum atomic E-state index is -0.0890. The minimum absolute atomic E-state index is 0.0890. The molecule has 1 saturated heterocycles. The van der Waals surface area contributed by atoms with E-state index in [9.17, 15) is 4.79 Å². The minimum Gasteiger partial charge on any atom is -0.370 e. The molecule has 2 N–H and O–H groups in total. The van der Waals surface area contributed by atoms with Crippen molar-refractivity contribution >= 4 is 17.2 Å². The molecule has 1 aliphatic rings. The summed E-state index contributed by atoms with van der Waals surface area (Å²) in [7, 11) is 0. The predicted molar refractivity (Wildman–Crippen MR) is 115 cm³/mol. The topological polar surface area (TPSA) is 60.6 Å². The fourth-order valence-corrected chi connectivity index (χ4v) is 4.25. The van der Waals surface area contributed by atoms with Crippen molar-refractivity contribution in [3.05, 3.63) is 58.6 Å². The smallest absolute Gasteiger partial charge is 0.270 e. The van der Waals surface area contributed by atoms with Gasteiger partial charge in [0.25, 0.3) is 5.91 Å². The summed E-state index contributed by atoms with van der Waals surface area (Å²) in [6, 6.07) is 12.2. The van der Waals surface area contributed by atoms with E-state index in [0.29, 0.717) is 12.2 Å². The summed E-state index contributed by atoms with van der Waals surface area (Å²) < 4.78 is 7.19. The van der Waals surface area contributed by atoms with Gasteiger partial charge in [0.2, 0.25) is 0 Å². The van der Waals surface area contributed by atoms with E-state index in [1.807, 2.05) is 30.5 Å². The monoisotopic (exact) mass is 411 g/mol. The Morgan fingerprint density at radius 1 is 1.24 bits per heavy atom. The SMILES string of the molecule is Cc1ccc(C)c(-n2nc(-c3cccs3)cc2C(=O)NCC[NH+]2CCOCC2)c1. The third-order valence-corrected chi connectivity index (χ3v) is 6.16. The van der Waals surface area contributed by atoms with Crippen LogP contribution in [0, 0.1) is 13.8 Å². The highest BCUT2D eigenvalue weighted by Gasteiger charge is 2.20. The Kier molecular flexibility index (Phi) is 6.08. The lowest BCUT2D eigenvalue weighted by atomic mass is 10.1. The maximum Gasteiger partial charge on any atom is 0.270 e. The molecule has 1 aliphatic heterocycles. The Labute approximate surface area is 175 Å². The highest BCUT2D eigenvalue weighted by Crippen LogP contribution is 2.27. The van der Waals surface area contributed by atoms with E-state index in [2.05, 4.69) is 30.4 Å². The first-order valence-electron chi connectivity index (χ1n) is 10.0. The van der Waals surface area contributed by atoms with E-state index in [4.69, 9.17) is 9.84 Å². The van der Waals surface area contributed by atoms with Crippen LogP contribution < -0.4 is 10.2 Å². The zero-order valence-corrected chi connectivity index (χ0v) is 17.7. The van der Waals surface area contributed by atoms with E-state index >= 15 is 0 Å². The molecule has 0 atom stereocenters. The number of amides is 1. The van der Waals surface area contributed by atoms with E-state index in [0.717, 1.165) is 60.2 Å². The number of carbonyl (C=O) groups is 1. The molecule has 0 spiro atoms. The van der Waals surface area contributed by atoms with Crippen molar-refractivity contribution in [3.8, 4) is 16.3 Å². The molecule has 0 unspecified atom stereocenters. The molecule has 1 fully saturated rings. The van der Waals surface area contributed by atoms with Crippen molar-refractivity contribution in [2.24, 2.45) is 0 Å². The number of aromatic nitrogens is 2. The maximum absolute atomic E-state index is 13.1. The first-order chi connectivity index (χ1) is 14.1. The molecule has 29 heavy (non-hydrogen) atoms. The van der Waals surface area contributed by atoms with Crippen molar-refractivity contribution in [2.45, 2.75) is 13.8 Å². The summed E-state index contributed by atoms with van der Waals surface area (Å²) in [6.45, 7) is 9.24. The summed E-state index contributed by atoms with van der Waals surface area (Å²) >= 11 is 1.63. The van der Waals surface area contributed by atoms with Crippen LogP contribution in [0.4, 0.5) is 0 Å². The van der Waals surface area contributed by atoms with Gasteiger partial charge in [-0.3, -0.25) is 4.79 Å². The third kappa shape index (κ3) is 4.58. The molecule has 3 aromatic rings. The number of nitrogens with zero attached hydrogens (tertiary/aromatic N) is 2. The molecule has 152 valence electrons. The Morgan fingerprint density at radius 3 is 2.83 bits per heavy atom. The van der Waals surface area contributed by atoms with Crippen molar-refractivity contribution in [3.63, 3.8) is 0 Å². The van der Waals surface area contributed by atoms with Crippen LogP contribution in [0.3, 0.4) is 0 Å². The van der Waals surface area contributed by atoms with E-state index < -0.39 is 0 Å². The molecule has 6 nitrogen and oxygen atoms in total. The maximum atomic E-state index is 13.1. The molecule has 0 bridgehead atoms. The van der Waals surface area contributed by atoms with Crippen LogP contribution in [0.2, 0.25) is 0 Å². The average Bonchev–Trinajstić information content (AvgIpc) is 3.40. The molecule has 0 saturated carbocycles. The standard InChI is InChI=1S/C22H26N4O2S/c1-16-5-6-17(2)19(14-16)26-20(15-18(24-26)21-4-3-13-29-21)22(27)23-7-8-25-9-11-28-12-10-25/h3-6,13-15H,7-12H2,1-2H3,(H,23,27)/p+1. The number of rotatable bonds is 6. The largest absolute Gasteiger partial charge is 0.370 e. The zero-order valence-electron chi connectivity index (χ0n) is 16.9. The highest BCUT2D eigenvalue weighted by molar-refractivity contribution is 7.13. The second kappa shape index (κ2) is 8.90. The number of thiophene rings is 1. The van der Waals surface area contributed by atoms with Gasteiger partial charge in [0.05, 0.1) is 36.9 Å². The van der Waals surface area contributed by atoms with Crippen LogP contribution in [-0.2, 0) is 4.74 Å². The van der Waals surface area contributed by atoms with Crippen molar-refractivity contribution in [2.75, 3.05) is 39.4 Å². The zero-order chi connectivity index (χ0) is 20.2. The second-order valence-electron chi connectivity index (χ2n) is 7.46. The van der Waals surface area contributed by atoms with Crippen LogP contribution >= 0.6 is 11.3 Å². The molecule has 0 radical (unpaired) electrons. The fraction of sp³-hybridized carbons (Fsp3) is 0.364. The van der Waals surface area contributed by atoms with Gasteiger partial charge in [0.15, 0.2) is 0 Å². The van der Waals surface area contributed by atoms with Gasteiger partial charge in [-0.1, -0.05) is 18.2 Å². The van der Waals surface area contributed by atoms with Crippen molar-refractivity contribution in [1.29, 1.82) is 0 Å². The Balaban J connectivity index is 1.58. The molecular formula is C22H27N4O2S+. The van der Waals surface area contributed by atoms with E-state index in [1.54, 1.807) is 16.0 Å². The lowest BCUT2D eigenvalue weighted by Gasteiger charge is -2.23. The van der Waals surface area contributed by atoms with Gasteiger partial charge in [0.1, 0.15) is 24.5 Å². The lowest BCUT2D eigenvalue weighted by Crippen LogP contribution is -3.14. The van der Waals surface area contributed by atoms with Gasteiger partial charge >= 0.3 is 0 Å². The molecule has 2 aromatic heterocycles. The quantitative estimate of drug-likeness (QED) is 0.651. The number of aryl methyl sites for hydroxylation is 2. The Bertz CT molecular complexity index is 975. The van der Waals surface area contributed by atoms with E-state index in [-0.39, 0.29) is 5.91 Å². The molecule has 1 aromatic carbocycles. The summed E-state index contributed by atoms with van der Waals surface area (Å²) in [4.78, 5) is 15.6. The molecule has 7 heteroatoms. The fourth-order valence-electron chi connectivity index (χ4n) is 3.57. The molecule has 1 amide bonds. The molecule has 4 rings (SSSR count). The molecular weight excluding hydrogens is 384 g/mol. The van der Waals surface area contributed by atoms with Gasteiger partial charge in [-0.2, -0.15) is 5.10 Å². The Morgan fingerprint density at radius 2 is 2.07 bits per heavy atom. The van der Waals surface area contributed by atoms with Crippen LogP contribution in [0.25, 0.3) is 16.3 Å². The van der Waals surface area contributed by atoms with Crippen LogP contribution in [0.5, 0.6) is 0 Å². The number of benzene rings is 1. The van der Waals surface area contributed by atoms with Gasteiger partial charge in [-0.15, -0.1) is 11.3 Å². The number of ether oxygens (including phenoxy) is 1. The van der Waals surface area contributed by atoms with Crippen LogP contribution in [0.1, 0.15) is 21.6 Å². The van der Waals surface area contributed by atoms with E-state index in [1.165, 1.54) is 4.90 Å². The van der Waals surface area contributed by atoms with Gasteiger partial charge in [-0.05, 0) is 48.6 Å². The van der Waals surface area contributed by atoms with Crippen LogP contribution in [-0.4, -0.2) is 55.1 Å². The highest BCUT2D eigenvalue weighted by atomic mass is 32.1. The summed E-state index contributed by atoms with van der Waals surface area (Å²) in [5.41, 5.74) is 4.56. The van der Waals surface area contributed by atoms with Gasteiger partial charge in [-0.25, -0.2) is 4.68 Å². The summed E-state index contributed by atoms with van der Waals surface area (Å²) in [5, 5.41) is 9.90. The lowest BCUT2D eigenvalue weighted by molar-refractivity contribution is -0.906. The number of nitrogens with one attached hydrogen (secondary N) is 2. The van der Waals surface area contributed by atoms with Crippen molar-refractivity contribution in [1.82, 2.24) is 15.1 Å². The number of quaternary nitrogens is 1. The predicted octanol–water partition coefficient (Wildman–Crippen LogP) is 1.86. The normalized spacial score (nSPS) is 14.8. The molecule has 0 aliphatic carbocycles. The number of carbonyl (C=O) groups excluding carboxylic acids is 1. The number of hydrogen-bond donors (Lipinski definition) is 2. The Hall–Kier alpha value is -2.48. The number of morpholine rings is 1. The van der Waals surface area contributed by atoms with Crippen LogP contribution in [0.15, 0.2) is 41.8 Å². The third-order valence-electron chi connectivity index (χ3n) is 5.27. The summed E-state index contributed by atoms with van der Waals surface area (Å²) in [5.74, 6) is -0.0890. The van der Waals surface area contributed by atoms with Crippen molar-refractivity contribution < 1.29 is 14.4 Å². The molecule has 3 heterocycles.